The smallest absolute Gasteiger partial charge is 0.294 e. The molecule has 2 N–H and O–H groups in total. The quantitative estimate of drug-likeness (QED) is 0.403. The van der Waals surface area contributed by atoms with E-state index in [0.29, 0.717) is 32.3 Å². The zero-order chi connectivity index (χ0) is 18.9. The van der Waals surface area contributed by atoms with Crippen molar-refractivity contribution < 1.29 is 17.8 Å². The zero-order valence-corrected chi connectivity index (χ0v) is 15.1. The van der Waals surface area contributed by atoms with Crippen molar-refractivity contribution in [2.75, 3.05) is 9.84 Å². The number of carbonyl (C=O) groups is 1. The Labute approximate surface area is 151 Å². The first kappa shape index (κ1) is 17.9. The number of nitrogens with one attached hydrogen (secondary N) is 1. The molecule has 0 saturated heterocycles. The molecular weight excluding hydrogens is 352 g/mol. The summed E-state index contributed by atoms with van der Waals surface area (Å²) in [6, 6.07) is 17.3. The van der Waals surface area contributed by atoms with Crippen LogP contribution >= 0.6 is 0 Å². The number of para-hydroxylation sites is 1. The second-order valence-corrected chi connectivity index (χ2v) is 7.20. The van der Waals surface area contributed by atoms with Gasteiger partial charge in [-0.3, -0.25) is 14.8 Å². The lowest BCUT2D eigenvalue weighted by Gasteiger charge is -2.24. The van der Waals surface area contributed by atoms with Gasteiger partial charge in [0.25, 0.3) is 0 Å². The van der Waals surface area contributed by atoms with Crippen LogP contribution in [0.4, 0.5) is 11.4 Å². The minimum atomic E-state index is -4.56. The van der Waals surface area contributed by atoms with E-state index in [2.05, 4.69) is 5.43 Å². The minimum absolute atomic E-state index is 0.0849. The SMILES string of the molecule is CC(=O)c1cccc2ccc(NN(c3ccccc3C)S(=O)(=O)O)cc12. The van der Waals surface area contributed by atoms with E-state index in [4.69, 9.17) is 0 Å². The number of anilines is 2. The van der Waals surface area contributed by atoms with Crippen LogP contribution < -0.4 is 9.84 Å². The summed E-state index contributed by atoms with van der Waals surface area (Å²) in [7, 11) is -4.56. The maximum Gasteiger partial charge on any atom is 0.377 e. The van der Waals surface area contributed by atoms with Gasteiger partial charge >= 0.3 is 10.3 Å². The second-order valence-electron chi connectivity index (χ2n) is 5.94. The summed E-state index contributed by atoms with van der Waals surface area (Å²) in [6.07, 6.45) is 0. The fraction of sp³-hybridized carbons (Fsp3) is 0.105. The third-order valence-corrected chi connectivity index (χ3v) is 4.81. The topological polar surface area (TPSA) is 86.7 Å². The molecular formula is C19H18N2O4S. The van der Waals surface area contributed by atoms with Gasteiger partial charge in [0.05, 0.1) is 11.4 Å². The molecule has 3 aromatic carbocycles. The Morgan fingerprint density at radius 1 is 1.04 bits per heavy atom. The van der Waals surface area contributed by atoms with E-state index < -0.39 is 10.3 Å². The third kappa shape index (κ3) is 3.54. The summed E-state index contributed by atoms with van der Waals surface area (Å²) in [5, 5.41) is 1.56. The number of nitrogens with zero attached hydrogens (tertiary/aromatic N) is 1. The van der Waals surface area contributed by atoms with Crippen LogP contribution in [-0.4, -0.2) is 18.8 Å². The number of ketones is 1. The van der Waals surface area contributed by atoms with Crippen molar-refractivity contribution in [3.05, 3.63) is 71.8 Å². The molecule has 0 spiro atoms. The molecule has 0 unspecified atom stereocenters. The van der Waals surface area contributed by atoms with Gasteiger partial charge in [-0.05, 0) is 48.4 Å². The number of aryl methyl sites for hydroxylation is 1. The summed E-state index contributed by atoms with van der Waals surface area (Å²) in [5.74, 6) is -0.0849. The Morgan fingerprint density at radius 2 is 1.77 bits per heavy atom. The summed E-state index contributed by atoms with van der Waals surface area (Å²) < 4.78 is 34.1. The molecule has 0 aliphatic carbocycles. The largest absolute Gasteiger partial charge is 0.377 e. The first-order valence-electron chi connectivity index (χ1n) is 7.91. The molecule has 26 heavy (non-hydrogen) atoms. The number of Topliss-reactive ketones (excluding diaryl/α,β-unsaturated/α-hetero) is 1. The van der Waals surface area contributed by atoms with Crippen LogP contribution in [0.3, 0.4) is 0 Å². The van der Waals surface area contributed by atoms with Crippen molar-refractivity contribution in [3.63, 3.8) is 0 Å². The van der Waals surface area contributed by atoms with Crippen LogP contribution in [0.5, 0.6) is 0 Å². The average Bonchev–Trinajstić information content (AvgIpc) is 2.58. The molecule has 3 rings (SSSR count). The maximum atomic E-state index is 11.9. The van der Waals surface area contributed by atoms with Crippen molar-refractivity contribution in [2.45, 2.75) is 13.8 Å². The first-order chi connectivity index (χ1) is 12.3. The Bertz CT molecular complexity index is 1090. The monoisotopic (exact) mass is 370 g/mol. The van der Waals surface area contributed by atoms with Gasteiger partial charge in [-0.2, -0.15) is 12.8 Å². The van der Waals surface area contributed by atoms with Gasteiger partial charge in [-0.25, -0.2) is 0 Å². The van der Waals surface area contributed by atoms with Gasteiger partial charge in [-0.1, -0.05) is 42.5 Å². The van der Waals surface area contributed by atoms with Gasteiger partial charge in [0, 0.05) is 5.56 Å². The van der Waals surface area contributed by atoms with Crippen molar-refractivity contribution in [1.82, 2.24) is 0 Å². The molecule has 0 fully saturated rings. The number of rotatable bonds is 5. The summed E-state index contributed by atoms with van der Waals surface area (Å²) >= 11 is 0. The molecule has 134 valence electrons. The summed E-state index contributed by atoms with van der Waals surface area (Å²) in [4.78, 5) is 11.9. The molecule has 6 nitrogen and oxygen atoms in total. The Balaban J connectivity index is 2.09. The van der Waals surface area contributed by atoms with Gasteiger partial charge in [0.15, 0.2) is 5.78 Å². The molecule has 7 heteroatoms. The second kappa shape index (κ2) is 6.78. The van der Waals surface area contributed by atoms with E-state index in [9.17, 15) is 17.8 Å². The molecule has 3 aromatic rings. The predicted molar refractivity (Wildman–Crippen MR) is 103 cm³/mol. The molecule has 0 radical (unpaired) electrons. The lowest BCUT2D eigenvalue weighted by atomic mass is 10.0. The highest BCUT2D eigenvalue weighted by atomic mass is 32.2. The number of hydrogen-bond acceptors (Lipinski definition) is 4. The normalized spacial score (nSPS) is 11.3. The van der Waals surface area contributed by atoms with E-state index in [0.717, 1.165) is 5.39 Å². The van der Waals surface area contributed by atoms with Crippen molar-refractivity contribution in [3.8, 4) is 0 Å². The van der Waals surface area contributed by atoms with Crippen LogP contribution in [0, 0.1) is 6.92 Å². The van der Waals surface area contributed by atoms with E-state index in [1.807, 2.05) is 6.07 Å². The van der Waals surface area contributed by atoms with Crippen LogP contribution in [0.25, 0.3) is 10.8 Å². The Morgan fingerprint density at radius 3 is 2.42 bits per heavy atom. The van der Waals surface area contributed by atoms with E-state index >= 15 is 0 Å². The minimum Gasteiger partial charge on any atom is -0.294 e. The van der Waals surface area contributed by atoms with Gasteiger partial charge < -0.3 is 0 Å². The van der Waals surface area contributed by atoms with Gasteiger partial charge in [0.2, 0.25) is 0 Å². The summed E-state index contributed by atoms with van der Waals surface area (Å²) in [5.41, 5.74) is 4.65. The molecule has 0 heterocycles. The van der Waals surface area contributed by atoms with Gasteiger partial charge in [-0.15, -0.1) is 0 Å². The highest BCUT2D eigenvalue weighted by Gasteiger charge is 2.21. The zero-order valence-electron chi connectivity index (χ0n) is 14.3. The Hall–Kier alpha value is -2.90. The fourth-order valence-corrected chi connectivity index (χ4v) is 3.47. The van der Waals surface area contributed by atoms with Crippen LogP contribution in [0.15, 0.2) is 60.7 Å². The molecule has 0 aliphatic rings. The van der Waals surface area contributed by atoms with Crippen LogP contribution in [-0.2, 0) is 10.3 Å². The molecule has 0 bridgehead atoms. The van der Waals surface area contributed by atoms with E-state index in [1.54, 1.807) is 61.5 Å². The molecule has 0 atom stereocenters. The molecule has 0 amide bonds. The highest BCUT2D eigenvalue weighted by Crippen LogP contribution is 2.27. The van der Waals surface area contributed by atoms with E-state index in [1.165, 1.54) is 6.92 Å². The first-order valence-corrected chi connectivity index (χ1v) is 9.31. The van der Waals surface area contributed by atoms with Crippen molar-refractivity contribution >= 4 is 38.2 Å². The molecule has 0 aromatic heterocycles. The lowest BCUT2D eigenvalue weighted by molar-refractivity contribution is 0.101. The molecule has 0 aliphatic heterocycles. The van der Waals surface area contributed by atoms with Crippen molar-refractivity contribution in [1.29, 1.82) is 0 Å². The number of hydrogen-bond donors (Lipinski definition) is 2. The number of benzene rings is 3. The highest BCUT2D eigenvalue weighted by molar-refractivity contribution is 7.87. The van der Waals surface area contributed by atoms with Crippen LogP contribution in [0.1, 0.15) is 22.8 Å². The maximum absolute atomic E-state index is 11.9. The molecule has 0 saturated carbocycles. The Kier molecular flexibility index (Phi) is 4.67. The standard InChI is InChI=1S/C19H18N2O4S/c1-13-6-3-4-9-19(13)21(26(23,24)25)20-16-11-10-15-7-5-8-17(14(2)22)18(15)12-16/h3-12,20H,1-2H3,(H,23,24,25). The number of carbonyl (C=O) groups excluding carboxylic acids is 1. The average molecular weight is 370 g/mol. The summed E-state index contributed by atoms with van der Waals surface area (Å²) in [6.45, 7) is 3.22. The predicted octanol–water partition coefficient (Wildman–Crippen LogP) is 3.99. The number of hydrazine groups is 1. The lowest BCUT2D eigenvalue weighted by Crippen LogP contribution is -2.36. The fourth-order valence-electron chi connectivity index (χ4n) is 2.80. The third-order valence-electron chi connectivity index (χ3n) is 4.06. The van der Waals surface area contributed by atoms with E-state index in [-0.39, 0.29) is 5.78 Å². The van der Waals surface area contributed by atoms with Gasteiger partial charge in [0.1, 0.15) is 0 Å². The van der Waals surface area contributed by atoms with Crippen molar-refractivity contribution in [2.24, 2.45) is 0 Å². The van der Waals surface area contributed by atoms with Crippen LogP contribution in [0.2, 0.25) is 0 Å². The number of fused-ring (bicyclic) bond motifs is 1.